The largest absolute Gasteiger partial charge is 0.358 e. The first-order valence-corrected chi connectivity index (χ1v) is 11.0. The van der Waals surface area contributed by atoms with E-state index in [2.05, 4.69) is 45.4 Å². The van der Waals surface area contributed by atoms with Crippen LogP contribution in [0.25, 0.3) is 33.9 Å². The highest BCUT2D eigenvalue weighted by Crippen LogP contribution is 2.24. The zero-order valence-corrected chi connectivity index (χ0v) is 19.6. The van der Waals surface area contributed by atoms with E-state index in [9.17, 15) is 4.79 Å². The van der Waals surface area contributed by atoms with Crippen LogP contribution in [-0.4, -0.2) is 46.0 Å². The Morgan fingerprint density at radius 3 is 2.63 bits per heavy atom. The fourth-order valence-corrected chi connectivity index (χ4v) is 3.40. The molecule has 0 bridgehead atoms. The van der Waals surface area contributed by atoms with Gasteiger partial charge in [0.15, 0.2) is 17.2 Å². The Balaban J connectivity index is 1.32. The van der Waals surface area contributed by atoms with Crippen LogP contribution in [0.2, 0.25) is 0 Å². The first-order valence-electron chi connectivity index (χ1n) is 11.0. The molecule has 0 aliphatic rings. The number of imidazole rings is 1. The van der Waals surface area contributed by atoms with Crippen molar-refractivity contribution >= 4 is 17.1 Å². The van der Waals surface area contributed by atoms with Gasteiger partial charge in [-0.15, -0.1) is 0 Å². The van der Waals surface area contributed by atoms with E-state index in [1.807, 2.05) is 32.9 Å². The lowest BCUT2D eigenvalue weighted by Crippen LogP contribution is -2.27. The summed E-state index contributed by atoms with van der Waals surface area (Å²) >= 11 is 0. The maximum absolute atomic E-state index is 12.8. The summed E-state index contributed by atoms with van der Waals surface area (Å²) in [5, 5.41) is 6.99. The van der Waals surface area contributed by atoms with Crippen molar-refractivity contribution in [1.29, 1.82) is 0 Å². The van der Waals surface area contributed by atoms with Gasteiger partial charge in [0.05, 0.1) is 17.9 Å². The van der Waals surface area contributed by atoms with Crippen LogP contribution in [0.1, 0.15) is 55.8 Å². The Labute approximate surface area is 200 Å². The predicted octanol–water partition coefficient (Wildman–Crippen LogP) is 3.65. The number of nitrogens with one attached hydrogen (secondary N) is 2. The SMILES string of the molecule is C[C@H](NC(=O)c1cc(-c2ccncc2)ncn1)c1cc(-c2nc3nc(C(C)(C)C)ncc3[nH]2)no1. The minimum absolute atomic E-state index is 0.190. The third kappa shape index (κ3) is 4.60. The molecule has 0 saturated heterocycles. The second kappa shape index (κ2) is 8.67. The minimum atomic E-state index is -0.459. The van der Waals surface area contributed by atoms with E-state index in [4.69, 9.17) is 4.52 Å². The van der Waals surface area contributed by atoms with Crippen LogP contribution in [0, 0.1) is 0 Å². The van der Waals surface area contributed by atoms with Gasteiger partial charge in [0.1, 0.15) is 29.1 Å². The molecule has 35 heavy (non-hydrogen) atoms. The Morgan fingerprint density at radius 2 is 1.86 bits per heavy atom. The molecule has 5 aromatic rings. The summed E-state index contributed by atoms with van der Waals surface area (Å²) in [7, 11) is 0. The summed E-state index contributed by atoms with van der Waals surface area (Å²) < 4.78 is 5.48. The molecule has 5 aromatic heterocycles. The van der Waals surface area contributed by atoms with E-state index in [-0.39, 0.29) is 17.0 Å². The van der Waals surface area contributed by atoms with Crippen LogP contribution in [-0.2, 0) is 5.41 Å². The molecule has 0 fully saturated rings. The van der Waals surface area contributed by atoms with Crippen LogP contribution >= 0.6 is 0 Å². The zero-order chi connectivity index (χ0) is 24.6. The van der Waals surface area contributed by atoms with Gasteiger partial charge < -0.3 is 14.8 Å². The molecule has 1 amide bonds. The number of hydrogen-bond donors (Lipinski definition) is 2. The number of aromatic amines is 1. The van der Waals surface area contributed by atoms with Crippen LogP contribution in [0.3, 0.4) is 0 Å². The maximum atomic E-state index is 12.8. The van der Waals surface area contributed by atoms with Gasteiger partial charge in [0.25, 0.3) is 5.91 Å². The number of pyridine rings is 1. The van der Waals surface area contributed by atoms with Crippen molar-refractivity contribution in [3.05, 3.63) is 66.5 Å². The van der Waals surface area contributed by atoms with E-state index in [1.54, 1.807) is 37.6 Å². The van der Waals surface area contributed by atoms with Crippen molar-refractivity contribution in [1.82, 2.24) is 45.4 Å². The summed E-state index contributed by atoms with van der Waals surface area (Å²) in [5.74, 6) is 1.32. The second-order valence-corrected chi connectivity index (χ2v) is 9.10. The van der Waals surface area contributed by atoms with E-state index in [0.717, 1.165) is 5.56 Å². The number of carbonyl (C=O) groups excluding carboxylic acids is 1. The van der Waals surface area contributed by atoms with Crippen molar-refractivity contribution < 1.29 is 9.32 Å². The van der Waals surface area contributed by atoms with Gasteiger partial charge in [-0.3, -0.25) is 9.78 Å². The van der Waals surface area contributed by atoms with Gasteiger partial charge in [-0.25, -0.2) is 24.9 Å². The van der Waals surface area contributed by atoms with Crippen LogP contribution in [0.15, 0.2) is 53.7 Å². The van der Waals surface area contributed by atoms with E-state index < -0.39 is 6.04 Å². The van der Waals surface area contributed by atoms with Gasteiger partial charge in [-0.05, 0) is 25.1 Å². The lowest BCUT2D eigenvalue weighted by Gasteiger charge is -2.15. The first-order chi connectivity index (χ1) is 16.8. The molecule has 0 aliphatic heterocycles. The number of rotatable bonds is 5. The third-order valence-electron chi connectivity index (χ3n) is 5.33. The zero-order valence-electron chi connectivity index (χ0n) is 19.6. The molecule has 0 radical (unpaired) electrons. The van der Waals surface area contributed by atoms with Gasteiger partial charge in [0, 0.05) is 29.4 Å². The predicted molar refractivity (Wildman–Crippen MR) is 127 cm³/mol. The normalized spacial score (nSPS) is 12.6. The van der Waals surface area contributed by atoms with Crippen molar-refractivity contribution in [2.75, 3.05) is 0 Å². The standard InChI is InChI=1S/C24H23N9O2/c1-13(29-22(34)17-9-15(27-12-28-17)14-5-7-25-8-6-14)19-10-16(33-35-19)20-30-18-11-26-23(24(2,3)4)32-21(18)31-20/h5-13H,1-4H3,(H,29,34)(H,26,30,31,32)/t13-/m0/s1. The molecule has 0 aromatic carbocycles. The lowest BCUT2D eigenvalue weighted by atomic mass is 9.96. The van der Waals surface area contributed by atoms with Crippen molar-refractivity contribution in [2.24, 2.45) is 0 Å². The highest BCUT2D eigenvalue weighted by atomic mass is 16.5. The minimum Gasteiger partial charge on any atom is -0.358 e. The lowest BCUT2D eigenvalue weighted by molar-refractivity contribution is 0.0928. The molecule has 176 valence electrons. The Bertz CT molecular complexity index is 1500. The molecule has 5 heterocycles. The second-order valence-electron chi connectivity index (χ2n) is 9.10. The average Bonchev–Trinajstić information content (AvgIpc) is 3.51. The number of fused-ring (bicyclic) bond motifs is 1. The molecule has 0 saturated carbocycles. The molecule has 11 nitrogen and oxygen atoms in total. The average molecular weight is 470 g/mol. The monoisotopic (exact) mass is 469 g/mol. The van der Waals surface area contributed by atoms with E-state index in [0.29, 0.717) is 40.0 Å². The fraction of sp³-hybridized carbons (Fsp3) is 0.250. The van der Waals surface area contributed by atoms with E-state index in [1.165, 1.54) is 6.33 Å². The number of amides is 1. The molecule has 0 spiro atoms. The Hall–Kier alpha value is -4.54. The molecule has 2 N–H and O–H groups in total. The number of aromatic nitrogens is 8. The molecule has 1 atom stereocenters. The van der Waals surface area contributed by atoms with Crippen molar-refractivity contribution in [2.45, 2.75) is 39.2 Å². The Kier molecular flexibility index (Phi) is 5.51. The summed E-state index contributed by atoms with van der Waals surface area (Å²) in [6, 6.07) is 6.53. The quantitative estimate of drug-likeness (QED) is 0.393. The molecule has 11 heteroatoms. The molecular formula is C24H23N9O2. The summed E-state index contributed by atoms with van der Waals surface area (Å²) in [5.41, 5.74) is 3.28. The van der Waals surface area contributed by atoms with Gasteiger partial charge in [-0.1, -0.05) is 25.9 Å². The molecule has 0 unspecified atom stereocenters. The number of H-pyrrole nitrogens is 1. The number of nitrogens with zero attached hydrogens (tertiary/aromatic N) is 7. The summed E-state index contributed by atoms with van der Waals surface area (Å²) in [4.78, 5) is 41.8. The number of hydrogen-bond acceptors (Lipinski definition) is 9. The Morgan fingerprint density at radius 1 is 1.06 bits per heavy atom. The topological polar surface area (TPSA) is 148 Å². The molecular weight excluding hydrogens is 446 g/mol. The smallest absolute Gasteiger partial charge is 0.270 e. The molecule has 5 rings (SSSR count). The number of carbonyl (C=O) groups is 1. The molecule has 0 aliphatic carbocycles. The summed E-state index contributed by atoms with van der Waals surface area (Å²) in [6.07, 6.45) is 6.40. The van der Waals surface area contributed by atoms with Crippen molar-refractivity contribution in [3.63, 3.8) is 0 Å². The highest BCUT2D eigenvalue weighted by molar-refractivity contribution is 5.93. The van der Waals surface area contributed by atoms with Gasteiger partial charge >= 0.3 is 0 Å². The van der Waals surface area contributed by atoms with E-state index >= 15 is 0 Å². The maximum Gasteiger partial charge on any atom is 0.270 e. The third-order valence-corrected chi connectivity index (χ3v) is 5.33. The van der Waals surface area contributed by atoms with Gasteiger partial charge in [0.2, 0.25) is 0 Å². The fourth-order valence-electron chi connectivity index (χ4n) is 3.40. The summed E-state index contributed by atoms with van der Waals surface area (Å²) in [6.45, 7) is 7.93. The van der Waals surface area contributed by atoms with Crippen LogP contribution in [0.4, 0.5) is 0 Å². The van der Waals surface area contributed by atoms with Crippen molar-refractivity contribution in [3.8, 4) is 22.8 Å². The van der Waals surface area contributed by atoms with Crippen LogP contribution in [0.5, 0.6) is 0 Å². The highest BCUT2D eigenvalue weighted by Gasteiger charge is 2.21. The van der Waals surface area contributed by atoms with Gasteiger partial charge in [-0.2, -0.15) is 0 Å². The van der Waals surface area contributed by atoms with Crippen LogP contribution < -0.4 is 5.32 Å². The first kappa shape index (κ1) is 22.3.